The van der Waals surface area contributed by atoms with Gasteiger partial charge in [0.15, 0.2) is 5.58 Å². The number of hydrogen-bond donors (Lipinski definition) is 0. The fraction of sp³-hybridized carbons (Fsp3) is 0.529. The third kappa shape index (κ3) is 3.56. The maximum atomic E-state index is 12.2. The van der Waals surface area contributed by atoms with Gasteiger partial charge in [0.25, 0.3) is 5.69 Å². The van der Waals surface area contributed by atoms with Crippen LogP contribution in [0.1, 0.15) is 39.7 Å². The summed E-state index contributed by atoms with van der Waals surface area (Å²) >= 11 is 0. The number of benzene rings is 1. The zero-order valence-corrected chi connectivity index (χ0v) is 14.9. The second-order valence-electron chi connectivity index (χ2n) is 7.35. The largest absolute Gasteiger partial charge is 0.444 e. The Bertz CT molecular complexity index is 899. The molecular formula is C17H21N3O6. The Balaban J connectivity index is 1.80. The number of non-ortho nitro benzene ring substituents is 1. The normalized spacial score (nSPS) is 16.0. The van der Waals surface area contributed by atoms with E-state index >= 15 is 0 Å². The number of rotatable bonds is 2. The van der Waals surface area contributed by atoms with Crippen molar-refractivity contribution in [3.05, 3.63) is 38.9 Å². The van der Waals surface area contributed by atoms with E-state index < -0.39 is 16.3 Å². The van der Waals surface area contributed by atoms with Gasteiger partial charge in [-0.15, -0.1) is 0 Å². The molecule has 1 aromatic carbocycles. The summed E-state index contributed by atoms with van der Waals surface area (Å²) in [6.45, 7) is 6.30. The number of fused-ring (bicyclic) bond motifs is 1. The Kier molecular flexibility index (Phi) is 4.47. The standard InChI is InChI=1S/C17H21N3O6/c1-17(2,3)26-15(21)18-8-6-11(7-9-18)19-13-10-12(20(23)24)4-5-14(13)25-16(19)22/h4-5,10-11H,6-9H2,1-3H3. The number of nitro benzene ring substituents is 1. The molecule has 26 heavy (non-hydrogen) atoms. The van der Waals surface area contributed by atoms with Gasteiger partial charge in [0.05, 0.1) is 10.4 Å². The number of nitro groups is 1. The average Bonchev–Trinajstić information content (AvgIpc) is 2.88. The summed E-state index contributed by atoms with van der Waals surface area (Å²) in [4.78, 5) is 36.5. The third-order valence-electron chi connectivity index (χ3n) is 4.29. The fourth-order valence-electron chi connectivity index (χ4n) is 3.11. The average molecular weight is 363 g/mol. The van der Waals surface area contributed by atoms with Crippen LogP contribution in [0.2, 0.25) is 0 Å². The minimum atomic E-state index is -0.565. The van der Waals surface area contributed by atoms with Gasteiger partial charge in [-0.2, -0.15) is 0 Å². The quantitative estimate of drug-likeness (QED) is 0.599. The molecule has 0 atom stereocenters. The van der Waals surface area contributed by atoms with Crippen LogP contribution >= 0.6 is 0 Å². The molecule has 0 spiro atoms. The van der Waals surface area contributed by atoms with E-state index in [4.69, 9.17) is 9.15 Å². The summed E-state index contributed by atoms with van der Waals surface area (Å²) in [5.74, 6) is -0.545. The van der Waals surface area contributed by atoms with E-state index in [9.17, 15) is 19.7 Å². The molecule has 0 bridgehead atoms. The molecule has 1 amide bonds. The monoisotopic (exact) mass is 363 g/mol. The number of aromatic nitrogens is 1. The van der Waals surface area contributed by atoms with Gasteiger partial charge in [-0.25, -0.2) is 9.59 Å². The van der Waals surface area contributed by atoms with Gasteiger partial charge >= 0.3 is 11.8 Å². The molecule has 2 heterocycles. The zero-order chi connectivity index (χ0) is 19.1. The van der Waals surface area contributed by atoms with E-state index in [1.807, 2.05) is 20.8 Å². The summed E-state index contributed by atoms with van der Waals surface area (Å²) in [7, 11) is 0. The minimum Gasteiger partial charge on any atom is -0.444 e. The smallest absolute Gasteiger partial charge is 0.420 e. The zero-order valence-electron chi connectivity index (χ0n) is 14.9. The van der Waals surface area contributed by atoms with Gasteiger partial charge in [-0.05, 0) is 39.7 Å². The van der Waals surface area contributed by atoms with Gasteiger partial charge in [0.2, 0.25) is 0 Å². The third-order valence-corrected chi connectivity index (χ3v) is 4.29. The lowest BCUT2D eigenvalue weighted by Gasteiger charge is -2.33. The molecule has 9 heteroatoms. The van der Waals surface area contributed by atoms with Crippen molar-refractivity contribution in [2.75, 3.05) is 13.1 Å². The van der Waals surface area contributed by atoms with E-state index in [2.05, 4.69) is 0 Å². The summed E-state index contributed by atoms with van der Waals surface area (Å²) in [6.07, 6.45) is 0.698. The highest BCUT2D eigenvalue weighted by Crippen LogP contribution is 2.28. The highest BCUT2D eigenvalue weighted by molar-refractivity contribution is 5.76. The molecule has 0 N–H and O–H groups in total. The Morgan fingerprint density at radius 1 is 1.31 bits per heavy atom. The van der Waals surface area contributed by atoms with Crippen LogP contribution in [-0.2, 0) is 4.74 Å². The first kappa shape index (κ1) is 18.0. The van der Waals surface area contributed by atoms with Crippen LogP contribution in [0.5, 0.6) is 0 Å². The maximum absolute atomic E-state index is 12.2. The van der Waals surface area contributed by atoms with Crippen molar-refractivity contribution in [1.29, 1.82) is 0 Å². The van der Waals surface area contributed by atoms with E-state index in [-0.39, 0.29) is 17.8 Å². The molecule has 1 aromatic heterocycles. The van der Waals surface area contributed by atoms with Crippen molar-refractivity contribution < 1.29 is 18.9 Å². The summed E-state index contributed by atoms with van der Waals surface area (Å²) in [5, 5.41) is 11.0. The first-order valence-electron chi connectivity index (χ1n) is 8.43. The number of likely N-dealkylation sites (tertiary alicyclic amines) is 1. The molecule has 9 nitrogen and oxygen atoms in total. The van der Waals surface area contributed by atoms with E-state index in [1.165, 1.54) is 22.8 Å². The van der Waals surface area contributed by atoms with Crippen LogP contribution in [0, 0.1) is 10.1 Å². The molecule has 2 aromatic rings. The fourth-order valence-corrected chi connectivity index (χ4v) is 3.11. The van der Waals surface area contributed by atoms with Crippen LogP contribution in [0.25, 0.3) is 11.1 Å². The van der Waals surface area contributed by atoms with Crippen LogP contribution in [0.15, 0.2) is 27.4 Å². The van der Waals surface area contributed by atoms with Crippen molar-refractivity contribution in [3.8, 4) is 0 Å². The van der Waals surface area contributed by atoms with Crippen LogP contribution in [0.4, 0.5) is 10.5 Å². The highest BCUT2D eigenvalue weighted by Gasteiger charge is 2.29. The predicted octanol–water partition coefficient (Wildman–Crippen LogP) is 3.07. The first-order chi connectivity index (χ1) is 12.2. The van der Waals surface area contributed by atoms with Gasteiger partial charge in [0, 0.05) is 31.3 Å². The van der Waals surface area contributed by atoms with Crippen molar-refractivity contribution in [3.63, 3.8) is 0 Å². The molecule has 0 aliphatic carbocycles. The molecule has 0 saturated carbocycles. The second-order valence-corrected chi connectivity index (χ2v) is 7.35. The van der Waals surface area contributed by atoms with Gasteiger partial charge in [-0.3, -0.25) is 14.7 Å². The number of carbonyl (C=O) groups excluding carboxylic acids is 1. The molecule has 1 saturated heterocycles. The Morgan fingerprint density at radius 3 is 2.54 bits per heavy atom. The number of carbonyl (C=O) groups is 1. The summed E-state index contributed by atoms with van der Waals surface area (Å²) < 4.78 is 12.0. The molecule has 0 unspecified atom stereocenters. The number of hydrogen-bond acceptors (Lipinski definition) is 6. The van der Waals surface area contributed by atoms with E-state index in [0.29, 0.717) is 37.0 Å². The molecule has 140 valence electrons. The maximum Gasteiger partial charge on any atom is 0.420 e. The second kappa shape index (κ2) is 6.47. The SMILES string of the molecule is CC(C)(C)OC(=O)N1CCC(n2c(=O)oc3ccc([N+](=O)[O-])cc32)CC1. The molecule has 3 rings (SSSR count). The Labute approximate surface area is 149 Å². The van der Waals surface area contributed by atoms with Gasteiger partial charge in [0.1, 0.15) is 5.60 Å². The summed E-state index contributed by atoms with van der Waals surface area (Å²) in [5.41, 5.74) is 0.0539. The van der Waals surface area contributed by atoms with Crippen LogP contribution in [0.3, 0.4) is 0 Å². The lowest BCUT2D eigenvalue weighted by molar-refractivity contribution is -0.384. The van der Waals surface area contributed by atoms with Gasteiger partial charge < -0.3 is 14.1 Å². The van der Waals surface area contributed by atoms with Crippen LogP contribution < -0.4 is 5.76 Å². The molecule has 1 aliphatic heterocycles. The van der Waals surface area contributed by atoms with Gasteiger partial charge in [-0.1, -0.05) is 0 Å². The lowest BCUT2D eigenvalue weighted by Crippen LogP contribution is -2.42. The predicted molar refractivity (Wildman–Crippen MR) is 93.2 cm³/mol. The Hall–Kier alpha value is -2.84. The minimum absolute atomic E-state index is 0.0989. The topological polar surface area (TPSA) is 108 Å². The molecule has 1 aliphatic rings. The number of ether oxygens (including phenoxy) is 1. The number of piperidine rings is 1. The molecule has 0 radical (unpaired) electrons. The Morgan fingerprint density at radius 2 is 1.96 bits per heavy atom. The number of oxazole rings is 1. The van der Waals surface area contributed by atoms with E-state index in [1.54, 1.807) is 4.90 Å². The summed E-state index contributed by atoms with van der Waals surface area (Å²) in [6, 6.07) is 3.90. The van der Waals surface area contributed by atoms with Crippen molar-refractivity contribution >= 4 is 22.9 Å². The van der Waals surface area contributed by atoms with Crippen molar-refractivity contribution in [2.45, 2.75) is 45.3 Å². The molecular weight excluding hydrogens is 342 g/mol. The lowest BCUT2D eigenvalue weighted by atomic mass is 10.0. The van der Waals surface area contributed by atoms with Crippen molar-refractivity contribution in [2.24, 2.45) is 0 Å². The highest BCUT2D eigenvalue weighted by atomic mass is 16.6. The first-order valence-corrected chi connectivity index (χ1v) is 8.43. The number of amides is 1. The molecule has 1 fully saturated rings. The van der Waals surface area contributed by atoms with Crippen molar-refractivity contribution in [1.82, 2.24) is 9.47 Å². The van der Waals surface area contributed by atoms with E-state index in [0.717, 1.165) is 0 Å². The van der Waals surface area contributed by atoms with Crippen LogP contribution in [-0.4, -0.2) is 39.2 Å². The number of nitrogens with zero attached hydrogens (tertiary/aromatic N) is 3.